The number of fused-ring (bicyclic) bond motifs is 1. The molecule has 19 heavy (non-hydrogen) atoms. The molecule has 3 aromatic rings. The summed E-state index contributed by atoms with van der Waals surface area (Å²) >= 11 is 1.52. The van der Waals surface area contributed by atoms with E-state index >= 15 is 0 Å². The number of nitro groups is 1. The van der Waals surface area contributed by atoms with Crippen molar-refractivity contribution >= 4 is 27.9 Å². The Bertz CT molecular complexity index is 749. The van der Waals surface area contributed by atoms with Crippen molar-refractivity contribution in [3.63, 3.8) is 0 Å². The standard InChI is InChI=1S/C12H10N4O2S/c1-8-12-10(3-2-4-11(12)16(17)18)15(14-8)5-9-6-19-7-13-9/h2-4,6-7H,5H2,1H3. The third kappa shape index (κ3) is 1.97. The zero-order valence-electron chi connectivity index (χ0n) is 10.1. The maximum Gasteiger partial charge on any atom is 0.280 e. The van der Waals surface area contributed by atoms with Crippen molar-refractivity contribution in [2.75, 3.05) is 0 Å². The number of rotatable bonds is 3. The van der Waals surface area contributed by atoms with Gasteiger partial charge in [0.25, 0.3) is 5.69 Å². The minimum absolute atomic E-state index is 0.0968. The Kier molecular flexibility index (Phi) is 2.75. The van der Waals surface area contributed by atoms with Crippen molar-refractivity contribution in [2.45, 2.75) is 13.5 Å². The van der Waals surface area contributed by atoms with Gasteiger partial charge in [0.1, 0.15) is 5.39 Å². The first-order valence-corrected chi connectivity index (χ1v) is 6.58. The van der Waals surface area contributed by atoms with Crippen LogP contribution in [0.2, 0.25) is 0 Å². The second-order valence-electron chi connectivity index (χ2n) is 4.15. The highest BCUT2D eigenvalue weighted by atomic mass is 32.1. The molecule has 0 aliphatic carbocycles. The van der Waals surface area contributed by atoms with Crippen LogP contribution in [0, 0.1) is 17.0 Å². The average molecular weight is 274 g/mol. The number of non-ortho nitro benzene ring substituents is 1. The number of aromatic nitrogens is 3. The van der Waals surface area contributed by atoms with Gasteiger partial charge in [0.15, 0.2) is 0 Å². The SMILES string of the molecule is Cc1nn(Cc2cscn2)c2cccc([N+](=O)[O-])c12. The van der Waals surface area contributed by atoms with Crippen LogP contribution in [0.5, 0.6) is 0 Å². The number of nitrogens with zero attached hydrogens (tertiary/aromatic N) is 4. The van der Waals surface area contributed by atoms with Gasteiger partial charge in [0.05, 0.1) is 33.9 Å². The molecular formula is C12H10N4O2S. The van der Waals surface area contributed by atoms with E-state index in [9.17, 15) is 10.1 Å². The van der Waals surface area contributed by atoms with Crippen molar-refractivity contribution in [1.29, 1.82) is 0 Å². The lowest BCUT2D eigenvalue weighted by Gasteiger charge is -2.00. The second kappa shape index (κ2) is 4.43. The Balaban J connectivity index is 2.17. The smallest absolute Gasteiger partial charge is 0.258 e. The lowest BCUT2D eigenvalue weighted by atomic mass is 10.2. The molecule has 0 saturated carbocycles. The van der Waals surface area contributed by atoms with Gasteiger partial charge in [0, 0.05) is 11.4 Å². The molecule has 0 unspecified atom stereocenters. The monoisotopic (exact) mass is 274 g/mol. The fourth-order valence-corrected chi connectivity index (χ4v) is 2.69. The van der Waals surface area contributed by atoms with Gasteiger partial charge in [-0.05, 0) is 13.0 Å². The number of nitro benzene ring substituents is 1. The Morgan fingerprint density at radius 1 is 1.47 bits per heavy atom. The molecule has 0 atom stereocenters. The summed E-state index contributed by atoms with van der Waals surface area (Å²) in [6, 6.07) is 5.03. The normalized spacial score (nSPS) is 11.0. The number of benzene rings is 1. The average Bonchev–Trinajstić information content (AvgIpc) is 2.99. The van der Waals surface area contributed by atoms with Gasteiger partial charge in [-0.1, -0.05) is 6.07 Å². The first-order valence-electron chi connectivity index (χ1n) is 5.64. The van der Waals surface area contributed by atoms with E-state index < -0.39 is 0 Å². The summed E-state index contributed by atoms with van der Waals surface area (Å²) in [6.45, 7) is 2.31. The van der Waals surface area contributed by atoms with Gasteiger partial charge in [-0.25, -0.2) is 4.98 Å². The summed E-state index contributed by atoms with van der Waals surface area (Å²) in [6.07, 6.45) is 0. The topological polar surface area (TPSA) is 73.8 Å². The maximum atomic E-state index is 11.1. The van der Waals surface area contributed by atoms with E-state index in [1.165, 1.54) is 17.4 Å². The predicted octanol–water partition coefficient (Wildman–Crippen LogP) is 2.76. The Hall–Kier alpha value is -2.28. The van der Waals surface area contributed by atoms with Gasteiger partial charge in [-0.3, -0.25) is 14.8 Å². The zero-order valence-corrected chi connectivity index (χ0v) is 10.9. The van der Waals surface area contributed by atoms with Crippen molar-refractivity contribution in [3.8, 4) is 0 Å². The molecule has 7 heteroatoms. The van der Waals surface area contributed by atoms with E-state index in [2.05, 4.69) is 10.1 Å². The fraction of sp³-hybridized carbons (Fsp3) is 0.167. The molecule has 0 saturated heterocycles. The van der Waals surface area contributed by atoms with Gasteiger partial charge in [-0.2, -0.15) is 5.10 Å². The Morgan fingerprint density at radius 2 is 2.32 bits per heavy atom. The Morgan fingerprint density at radius 3 is 3.00 bits per heavy atom. The number of thiazole rings is 1. The molecule has 6 nitrogen and oxygen atoms in total. The Labute approximate surface area is 112 Å². The number of hydrogen-bond acceptors (Lipinski definition) is 5. The third-order valence-corrected chi connectivity index (χ3v) is 3.56. The largest absolute Gasteiger partial charge is 0.280 e. The zero-order chi connectivity index (χ0) is 13.4. The van der Waals surface area contributed by atoms with E-state index in [-0.39, 0.29) is 10.6 Å². The summed E-state index contributed by atoms with van der Waals surface area (Å²) < 4.78 is 1.76. The molecule has 0 aliphatic heterocycles. The highest BCUT2D eigenvalue weighted by molar-refractivity contribution is 7.07. The molecule has 0 N–H and O–H groups in total. The van der Waals surface area contributed by atoms with Crippen molar-refractivity contribution in [2.24, 2.45) is 0 Å². The summed E-state index contributed by atoms with van der Waals surface area (Å²) in [4.78, 5) is 14.9. The highest BCUT2D eigenvalue weighted by Crippen LogP contribution is 2.28. The van der Waals surface area contributed by atoms with E-state index in [0.717, 1.165) is 11.2 Å². The first-order chi connectivity index (χ1) is 9.16. The van der Waals surface area contributed by atoms with Crippen molar-refractivity contribution < 1.29 is 4.92 Å². The molecule has 0 radical (unpaired) electrons. The van der Waals surface area contributed by atoms with Gasteiger partial charge in [0.2, 0.25) is 0 Å². The molecule has 0 spiro atoms. The van der Waals surface area contributed by atoms with Crippen LogP contribution in [-0.2, 0) is 6.54 Å². The van der Waals surface area contributed by atoms with Gasteiger partial charge >= 0.3 is 0 Å². The van der Waals surface area contributed by atoms with Gasteiger partial charge in [-0.15, -0.1) is 11.3 Å². The third-order valence-electron chi connectivity index (χ3n) is 2.92. The fourth-order valence-electron chi connectivity index (χ4n) is 2.14. The molecule has 0 aliphatic rings. The molecule has 2 aromatic heterocycles. The molecule has 0 bridgehead atoms. The summed E-state index contributed by atoms with van der Waals surface area (Å²) in [5, 5.41) is 18.0. The van der Waals surface area contributed by atoms with E-state index in [1.807, 2.05) is 11.4 Å². The minimum atomic E-state index is -0.371. The van der Waals surface area contributed by atoms with E-state index in [4.69, 9.17) is 0 Å². The maximum absolute atomic E-state index is 11.1. The summed E-state index contributed by atoms with van der Waals surface area (Å²) in [5.41, 5.74) is 4.19. The molecule has 96 valence electrons. The molecule has 2 heterocycles. The highest BCUT2D eigenvalue weighted by Gasteiger charge is 2.18. The van der Waals surface area contributed by atoms with Crippen LogP contribution in [-0.4, -0.2) is 19.7 Å². The number of hydrogen-bond donors (Lipinski definition) is 0. The minimum Gasteiger partial charge on any atom is -0.258 e. The molecule has 0 fully saturated rings. The van der Waals surface area contributed by atoms with Crippen molar-refractivity contribution in [3.05, 3.63) is 50.6 Å². The quantitative estimate of drug-likeness (QED) is 0.543. The van der Waals surface area contributed by atoms with E-state index in [0.29, 0.717) is 17.6 Å². The number of aryl methyl sites for hydroxylation is 1. The lowest BCUT2D eigenvalue weighted by Crippen LogP contribution is -2.01. The second-order valence-corrected chi connectivity index (χ2v) is 4.87. The van der Waals surface area contributed by atoms with Crippen molar-refractivity contribution in [1.82, 2.24) is 14.8 Å². The van der Waals surface area contributed by atoms with Crippen LogP contribution in [0.3, 0.4) is 0 Å². The molecular weight excluding hydrogens is 264 g/mol. The summed E-state index contributed by atoms with van der Waals surface area (Å²) in [7, 11) is 0. The summed E-state index contributed by atoms with van der Waals surface area (Å²) in [5.74, 6) is 0. The molecule has 3 rings (SSSR count). The van der Waals surface area contributed by atoms with E-state index in [1.54, 1.807) is 23.2 Å². The predicted molar refractivity (Wildman–Crippen MR) is 72.3 cm³/mol. The molecule has 0 amide bonds. The van der Waals surface area contributed by atoms with Crippen LogP contribution < -0.4 is 0 Å². The molecule has 1 aromatic carbocycles. The lowest BCUT2D eigenvalue weighted by molar-refractivity contribution is -0.383. The van der Waals surface area contributed by atoms with Crippen LogP contribution in [0.1, 0.15) is 11.4 Å². The van der Waals surface area contributed by atoms with Crippen LogP contribution >= 0.6 is 11.3 Å². The van der Waals surface area contributed by atoms with Gasteiger partial charge < -0.3 is 0 Å². The van der Waals surface area contributed by atoms with Crippen LogP contribution in [0.25, 0.3) is 10.9 Å². The van der Waals surface area contributed by atoms with Crippen LogP contribution in [0.4, 0.5) is 5.69 Å². The van der Waals surface area contributed by atoms with Crippen LogP contribution in [0.15, 0.2) is 29.1 Å². The first kappa shape index (κ1) is 11.8.